The van der Waals surface area contributed by atoms with Crippen molar-refractivity contribution in [1.29, 1.82) is 0 Å². The van der Waals surface area contributed by atoms with E-state index in [2.05, 4.69) is 26.2 Å². The summed E-state index contributed by atoms with van der Waals surface area (Å²) in [4.78, 5) is 4.20. The Morgan fingerprint density at radius 2 is 2.11 bits per heavy atom. The maximum Gasteiger partial charge on any atom is 0.141 e. The standard InChI is InChI=1S/C13H11BrClFN2/c14-10-2-4-13(18-8-10)17-6-5-9-1-3-12(16)11(15)7-9/h1-4,7-8H,5-6H2,(H,17,18). The second-order valence-corrected chi connectivity index (χ2v) is 5.11. The molecule has 0 bridgehead atoms. The van der Waals surface area contributed by atoms with Gasteiger partial charge in [-0.1, -0.05) is 17.7 Å². The molecular weight excluding hydrogens is 319 g/mol. The van der Waals surface area contributed by atoms with Crippen LogP contribution in [-0.4, -0.2) is 11.5 Å². The maximum absolute atomic E-state index is 13.0. The average molecular weight is 330 g/mol. The highest BCUT2D eigenvalue weighted by Gasteiger charge is 2.01. The average Bonchev–Trinajstić information content (AvgIpc) is 2.36. The van der Waals surface area contributed by atoms with Crippen molar-refractivity contribution in [2.24, 2.45) is 0 Å². The van der Waals surface area contributed by atoms with Crippen LogP contribution in [0.15, 0.2) is 41.0 Å². The van der Waals surface area contributed by atoms with Crippen LogP contribution >= 0.6 is 27.5 Å². The first kappa shape index (κ1) is 13.3. The zero-order chi connectivity index (χ0) is 13.0. The van der Waals surface area contributed by atoms with Crippen LogP contribution in [0.25, 0.3) is 0 Å². The van der Waals surface area contributed by atoms with Crippen molar-refractivity contribution in [1.82, 2.24) is 4.98 Å². The molecule has 0 saturated carbocycles. The van der Waals surface area contributed by atoms with Crippen molar-refractivity contribution in [2.75, 3.05) is 11.9 Å². The second kappa shape index (κ2) is 6.16. The van der Waals surface area contributed by atoms with Crippen molar-refractivity contribution >= 4 is 33.3 Å². The van der Waals surface area contributed by atoms with Gasteiger partial charge in [-0.25, -0.2) is 9.37 Å². The molecular formula is C13H11BrClFN2. The molecule has 0 amide bonds. The number of nitrogens with zero attached hydrogens (tertiary/aromatic N) is 1. The summed E-state index contributed by atoms with van der Waals surface area (Å²) >= 11 is 9.04. The van der Waals surface area contributed by atoms with Crippen molar-refractivity contribution in [3.63, 3.8) is 0 Å². The Morgan fingerprint density at radius 3 is 2.78 bits per heavy atom. The van der Waals surface area contributed by atoms with E-state index >= 15 is 0 Å². The second-order valence-electron chi connectivity index (χ2n) is 3.79. The summed E-state index contributed by atoms with van der Waals surface area (Å²) < 4.78 is 13.9. The van der Waals surface area contributed by atoms with Gasteiger partial charge in [0.25, 0.3) is 0 Å². The van der Waals surface area contributed by atoms with Crippen LogP contribution < -0.4 is 5.32 Å². The number of aromatic nitrogens is 1. The summed E-state index contributed by atoms with van der Waals surface area (Å²) in [7, 11) is 0. The smallest absolute Gasteiger partial charge is 0.141 e. The zero-order valence-corrected chi connectivity index (χ0v) is 11.8. The minimum absolute atomic E-state index is 0.161. The number of halogens is 3. The normalized spacial score (nSPS) is 10.4. The summed E-state index contributed by atoms with van der Waals surface area (Å²) in [5, 5.41) is 3.35. The molecule has 0 aliphatic heterocycles. The van der Waals surface area contributed by atoms with Gasteiger partial charge in [0.2, 0.25) is 0 Å². The van der Waals surface area contributed by atoms with E-state index in [1.54, 1.807) is 18.3 Å². The fourth-order valence-corrected chi connectivity index (χ4v) is 1.95. The number of anilines is 1. The SMILES string of the molecule is Fc1ccc(CCNc2ccc(Br)cn2)cc1Cl. The number of rotatable bonds is 4. The van der Waals surface area contributed by atoms with E-state index in [4.69, 9.17) is 11.6 Å². The molecule has 1 aromatic heterocycles. The summed E-state index contributed by atoms with van der Waals surface area (Å²) in [6.07, 6.45) is 2.49. The Balaban J connectivity index is 1.88. The van der Waals surface area contributed by atoms with Crippen molar-refractivity contribution in [3.8, 4) is 0 Å². The van der Waals surface area contributed by atoms with E-state index in [9.17, 15) is 4.39 Å². The molecule has 0 aliphatic carbocycles. The molecule has 2 nitrogen and oxygen atoms in total. The van der Waals surface area contributed by atoms with Crippen molar-refractivity contribution in [2.45, 2.75) is 6.42 Å². The molecule has 0 spiro atoms. The van der Waals surface area contributed by atoms with E-state index in [-0.39, 0.29) is 10.8 Å². The van der Waals surface area contributed by atoms with Gasteiger partial charge in [-0.3, -0.25) is 0 Å². The fourth-order valence-electron chi connectivity index (χ4n) is 1.51. The lowest BCUT2D eigenvalue weighted by Crippen LogP contribution is -2.06. The third-order valence-corrected chi connectivity index (χ3v) is 3.19. The number of hydrogen-bond donors (Lipinski definition) is 1. The molecule has 0 radical (unpaired) electrons. The topological polar surface area (TPSA) is 24.9 Å². The van der Waals surface area contributed by atoms with Crippen molar-refractivity contribution in [3.05, 3.63) is 57.4 Å². The third-order valence-electron chi connectivity index (χ3n) is 2.43. The summed E-state index contributed by atoms with van der Waals surface area (Å²) in [5.41, 5.74) is 0.992. The Morgan fingerprint density at radius 1 is 1.28 bits per heavy atom. The van der Waals surface area contributed by atoms with Crippen LogP contribution in [0.2, 0.25) is 5.02 Å². The Labute approximate surface area is 118 Å². The highest BCUT2D eigenvalue weighted by atomic mass is 79.9. The molecule has 2 rings (SSSR count). The number of pyridine rings is 1. The van der Waals surface area contributed by atoms with Crippen LogP contribution in [0.5, 0.6) is 0 Å². The van der Waals surface area contributed by atoms with Crippen LogP contribution in [0, 0.1) is 5.82 Å². The number of nitrogens with one attached hydrogen (secondary N) is 1. The molecule has 94 valence electrons. The number of hydrogen-bond acceptors (Lipinski definition) is 2. The fraction of sp³-hybridized carbons (Fsp3) is 0.154. The van der Waals surface area contributed by atoms with E-state index in [1.807, 2.05) is 12.1 Å². The van der Waals surface area contributed by atoms with Gasteiger partial charge < -0.3 is 5.32 Å². The van der Waals surface area contributed by atoms with E-state index in [0.717, 1.165) is 28.8 Å². The highest BCUT2D eigenvalue weighted by molar-refractivity contribution is 9.10. The van der Waals surface area contributed by atoms with Crippen LogP contribution in [0.3, 0.4) is 0 Å². The molecule has 1 N–H and O–H groups in total. The van der Waals surface area contributed by atoms with Crippen LogP contribution in [-0.2, 0) is 6.42 Å². The predicted molar refractivity (Wildman–Crippen MR) is 75.5 cm³/mol. The number of benzene rings is 1. The van der Waals surface area contributed by atoms with Gasteiger partial charge >= 0.3 is 0 Å². The minimum Gasteiger partial charge on any atom is -0.370 e. The zero-order valence-electron chi connectivity index (χ0n) is 9.46. The predicted octanol–water partition coefficient (Wildman–Crippen LogP) is 4.29. The minimum atomic E-state index is -0.386. The molecule has 18 heavy (non-hydrogen) atoms. The summed E-state index contributed by atoms with van der Waals surface area (Å²) in [6, 6.07) is 8.58. The lowest BCUT2D eigenvalue weighted by Gasteiger charge is -2.06. The maximum atomic E-state index is 13.0. The van der Waals surface area contributed by atoms with Gasteiger partial charge in [0, 0.05) is 17.2 Å². The quantitative estimate of drug-likeness (QED) is 0.905. The highest BCUT2D eigenvalue weighted by Crippen LogP contribution is 2.16. The lowest BCUT2D eigenvalue weighted by atomic mass is 10.1. The summed E-state index contributed by atoms with van der Waals surface area (Å²) in [6.45, 7) is 0.719. The molecule has 0 aliphatic rings. The molecule has 0 unspecified atom stereocenters. The van der Waals surface area contributed by atoms with E-state index < -0.39 is 0 Å². The van der Waals surface area contributed by atoms with Gasteiger partial charge in [0.05, 0.1) is 5.02 Å². The van der Waals surface area contributed by atoms with Crippen molar-refractivity contribution < 1.29 is 4.39 Å². The van der Waals surface area contributed by atoms with Gasteiger partial charge in [-0.15, -0.1) is 0 Å². The summed E-state index contributed by atoms with van der Waals surface area (Å²) in [5.74, 6) is 0.425. The first-order chi connectivity index (χ1) is 8.65. The Bertz CT molecular complexity index is 531. The molecule has 0 atom stereocenters. The third kappa shape index (κ3) is 3.68. The first-order valence-electron chi connectivity index (χ1n) is 5.44. The van der Waals surface area contributed by atoms with Gasteiger partial charge in [0.1, 0.15) is 11.6 Å². The molecule has 1 aromatic carbocycles. The van der Waals surface area contributed by atoms with Gasteiger partial charge in [-0.05, 0) is 52.2 Å². The largest absolute Gasteiger partial charge is 0.370 e. The Hall–Kier alpha value is -1.13. The molecule has 0 fully saturated rings. The molecule has 1 heterocycles. The van der Waals surface area contributed by atoms with Crippen LogP contribution in [0.1, 0.15) is 5.56 Å². The lowest BCUT2D eigenvalue weighted by molar-refractivity contribution is 0.627. The van der Waals surface area contributed by atoms with E-state index in [0.29, 0.717) is 0 Å². The molecule has 5 heteroatoms. The Kier molecular flexibility index (Phi) is 4.55. The molecule has 0 saturated heterocycles. The first-order valence-corrected chi connectivity index (χ1v) is 6.61. The van der Waals surface area contributed by atoms with Crippen LogP contribution in [0.4, 0.5) is 10.2 Å². The van der Waals surface area contributed by atoms with Gasteiger partial charge in [0.15, 0.2) is 0 Å². The van der Waals surface area contributed by atoms with Gasteiger partial charge in [-0.2, -0.15) is 0 Å². The monoisotopic (exact) mass is 328 g/mol. The van der Waals surface area contributed by atoms with E-state index in [1.165, 1.54) is 6.07 Å². The molecule has 2 aromatic rings.